The van der Waals surface area contributed by atoms with Gasteiger partial charge in [0, 0.05) is 24.2 Å². The van der Waals surface area contributed by atoms with Crippen molar-refractivity contribution in [3.8, 4) is 0 Å². The highest BCUT2D eigenvalue weighted by molar-refractivity contribution is 7.17. The van der Waals surface area contributed by atoms with Crippen molar-refractivity contribution in [1.29, 1.82) is 0 Å². The number of thiazole rings is 1. The first-order chi connectivity index (χ1) is 8.58. The van der Waals surface area contributed by atoms with Crippen LogP contribution in [0.15, 0.2) is 6.20 Å². The molecule has 0 radical (unpaired) electrons. The van der Waals surface area contributed by atoms with E-state index in [9.17, 15) is 0 Å². The molecule has 0 aliphatic heterocycles. The Bertz CT molecular complexity index is 516. The summed E-state index contributed by atoms with van der Waals surface area (Å²) in [5.41, 5.74) is 2.36. The van der Waals surface area contributed by atoms with Crippen LogP contribution in [-0.2, 0) is 11.3 Å². The van der Waals surface area contributed by atoms with Crippen LogP contribution in [-0.4, -0.2) is 28.6 Å². The van der Waals surface area contributed by atoms with Gasteiger partial charge in [0.05, 0.1) is 24.1 Å². The molecule has 0 unspecified atom stereocenters. The summed E-state index contributed by atoms with van der Waals surface area (Å²) in [5.74, 6) is 0. The summed E-state index contributed by atoms with van der Waals surface area (Å²) >= 11 is 1.73. The van der Waals surface area contributed by atoms with Gasteiger partial charge in [-0.05, 0) is 27.7 Å². The number of imidazole rings is 1. The molecule has 0 atom stereocenters. The third kappa shape index (κ3) is 3.10. The van der Waals surface area contributed by atoms with Crippen molar-refractivity contribution in [1.82, 2.24) is 14.7 Å². The number of aryl methyl sites for hydroxylation is 2. The fourth-order valence-electron chi connectivity index (χ4n) is 1.90. The second-order valence-corrected chi connectivity index (χ2v) is 5.95. The quantitative estimate of drug-likeness (QED) is 0.817. The summed E-state index contributed by atoms with van der Waals surface area (Å²) in [6.45, 7) is 10.7. The first-order valence-electron chi connectivity index (χ1n) is 6.34. The molecule has 0 saturated heterocycles. The average Bonchev–Trinajstić information content (AvgIpc) is 2.75. The first-order valence-corrected chi connectivity index (χ1v) is 7.16. The standard InChI is InChI=1S/C13H21N3OS/c1-9(2)17-6-5-14-7-12-11(4)15-13-16(12)8-10(3)18-13/h8-9,14H,5-7H2,1-4H3. The Kier molecular flexibility index (Phi) is 4.37. The molecule has 0 spiro atoms. The molecule has 2 rings (SSSR count). The zero-order valence-corrected chi connectivity index (χ0v) is 12.3. The molecule has 5 heteroatoms. The van der Waals surface area contributed by atoms with Gasteiger partial charge in [-0.3, -0.25) is 4.40 Å². The van der Waals surface area contributed by atoms with Gasteiger partial charge in [-0.2, -0.15) is 0 Å². The number of nitrogens with one attached hydrogen (secondary N) is 1. The van der Waals surface area contributed by atoms with Gasteiger partial charge >= 0.3 is 0 Å². The van der Waals surface area contributed by atoms with Gasteiger partial charge in [-0.1, -0.05) is 0 Å². The number of fused-ring (bicyclic) bond motifs is 1. The van der Waals surface area contributed by atoms with E-state index in [0.29, 0.717) is 6.10 Å². The third-order valence-electron chi connectivity index (χ3n) is 2.76. The molecule has 0 aliphatic rings. The van der Waals surface area contributed by atoms with Gasteiger partial charge in [0.25, 0.3) is 0 Å². The van der Waals surface area contributed by atoms with Crippen LogP contribution >= 0.6 is 11.3 Å². The Hall–Kier alpha value is -0.910. The predicted octanol–water partition coefficient (Wildman–Crippen LogP) is 2.53. The van der Waals surface area contributed by atoms with Crippen molar-refractivity contribution in [2.24, 2.45) is 0 Å². The van der Waals surface area contributed by atoms with Crippen LogP contribution in [0, 0.1) is 13.8 Å². The molecular weight excluding hydrogens is 246 g/mol. The van der Waals surface area contributed by atoms with Crippen LogP contribution in [0.5, 0.6) is 0 Å². The Morgan fingerprint density at radius 1 is 1.44 bits per heavy atom. The molecule has 18 heavy (non-hydrogen) atoms. The minimum atomic E-state index is 0.301. The van der Waals surface area contributed by atoms with E-state index >= 15 is 0 Å². The lowest BCUT2D eigenvalue weighted by molar-refractivity contribution is 0.0806. The number of hydrogen-bond donors (Lipinski definition) is 1. The van der Waals surface area contributed by atoms with E-state index in [4.69, 9.17) is 4.74 Å². The normalized spacial score (nSPS) is 11.8. The maximum absolute atomic E-state index is 5.50. The predicted molar refractivity (Wildman–Crippen MR) is 75.3 cm³/mol. The van der Waals surface area contributed by atoms with Gasteiger partial charge in [0.15, 0.2) is 4.96 Å². The summed E-state index contributed by atoms with van der Waals surface area (Å²) in [6, 6.07) is 0. The molecule has 100 valence electrons. The molecule has 1 N–H and O–H groups in total. The van der Waals surface area contributed by atoms with Crippen LogP contribution in [0.2, 0.25) is 0 Å². The molecule has 0 amide bonds. The van der Waals surface area contributed by atoms with Crippen molar-refractivity contribution >= 4 is 16.3 Å². The van der Waals surface area contributed by atoms with Gasteiger partial charge in [0.2, 0.25) is 0 Å². The molecule has 0 aliphatic carbocycles. The Morgan fingerprint density at radius 3 is 2.94 bits per heavy atom. The number of ether oxygens (including phenoxy) is 1. The lowest BCUT2D eigenvalue weighted by Crippen LogP contribution is -2.21. The maximum Gasteiger partial charge on any atom is 0.194 e. The lowest BCUT2D eigenvalue weighted by Gasteiger charge is -2.08. The molecule has 2 heterocycles. The minimum absolute atomic E-state index is 0.301. The highest BCUT2D eigenvalue weighted by atomic mass is 32.1. The van der Waals surface area contributed by atoms with Gasteiger partial charge in [-0.15, -0.1) is 11.3 Å². The zero-order valence-electron chi connectivity index (χ0n) is 11.5. The molecule has 0 saturated carbocycles. The fraction of sp³-hybridized carbons (Fsp3) is 0.615. The fourth-order valence-corrected chi connectivity index (χ4v) is 2.79. The zero-order chi connectivity index (χ0) is 13.1. The van der Waals surface area contributed by atoms with Crippen LogP contribution in [0.4, 0.5) is 0 Å². The number of nitrogens with zero attached hydrogens (tertiary/aromatic N) is 2. The summed E-state index contributed by atoms with van der Waals surface area (Å²) in [4.78, 5) is 6.95. The van der Waals surface area contributed by atoms with Gasteiger partial charge < -0.3 is 10.1 Å². The van der Waals surface area contributed by atoms with Gasteiger partial charge in [0.1, 0.15) is 0 Å². The smallest absolute Gasteiger partial charge is 0.194 e. The van der Waals surface area contributed by atoms with Crippen molar-refractivity contribution in [2.75, 3.05) is 13.2 Å². The number of hydrogen-bond acceptors (Lipinski definition) is 4. The topological polar surface area (TPSA) is 38.6 Å². The molecule has 2 aromatic rings. The molecule has 0 bridgehead atoms. The van der Waals surface area contributed by atoms with E-state index < -0.39 is 0 Å². The highest BCUT2D eigenvalue weighted by Crippen LogP contribution is 2.20. The monoisotopic (exact) mass is 267 g/mol. The molecule has 4 nitrogen and oxygen atoms in total. The largest absolute Gasteiger partial charge is 0.377 e. The van der Waals surface area contributed by atoms with Crippen LogP contribution in [0.3, 0.4) is 0 Å². The Morgan fingerprint density at radius 2 is 2.22 bits per heavy atom. The Balaban J connectivity index is 1.92. The second kappa shape index (κ2) is 5.82. The van der Waals surface area contributed by atoms with Crippen molar-refractivity contribution in [3.05, 3.63) is 22.5 Å². The van der Waals surface area contributed by atoms with Crippen molar-refractivity contribution in [3.63, 3.8) is 0 Å². The van der Waals surface area contributed by atoms with Crippen LogP contribution < -0.4 is 5.32 Å². The molecule has 2 aromatic heterocycles. The summed E-state index contributed by atoms with van der Waals surface area (Å²) < 4.78 is 7.69. The minimum Gasteiger partial charge on any atom is -0.377 e. The Labute approximate surface area is 112 Å². The van der Waals surface area contributed by atoms with Gasteiger partial charge in [-0.25, -0.2) is 4.98 Å². The SMILES string of the molecule is Cc1cn2c(CNCCOC(C)C)c(C)nc2s1. The number of rotatable bonds is 6. The van der Waals surface area contributed by atoms with E-state index in [1.54, 1.807) is 11.3 Å². The molecule has 0 fully saturated rings. The van der Waals surface area contributed by atoms with Crippen LogP contribution in [0.1, 0.15) is 30.1 Å². The van der Waals surface area contributed by atoms with Crippen molar-refractivity contribution < 1.29 is 4.74 Å². The summed E-state index contributed by atoms with van der Waals surface area (Å²) in [5, 5.41) is 3.40. The highest BCUT2D eigenvalue weighted by Gasteiger charge is 2.10. The second-order valence-electron chi connectivity index (χ2n) is 4.73. The average molecular weight is 267 g/mol. The lowest BCUT2D eigenvalue weighted by atomic mass is 10.3. The van der Waals surface area contributed by atoms with E-state index in [1.165, 1.54) is 10.6 Å². The van der Waals surface area contributed by atoms with E-state index in [0.717, 1.165) is 30.4 Å². The van der Waals surface area contributed by atoms with Crippen molar-refractivity contribution in [2.45, 2.75) is 40.3 Å². The molecule has 0 aromatic carbocycles. The maximum atomic E-state index is 5.50. The van der Waals surface area contributed by atoms with E-state index in [2.05, 4.69) is 48.6 Å². The van der Waals surface area contributed by atoms with E-state index in [1.807, 2.05) is 0 Å². The first kappa shape index (κ1) is 13.5. The third-order valence-corrected chi connectivity index (χ3v) is 3.66. The van der Waals surface area contributed by atoms with Crippen LogP contribution in [0.25, 0.3) is 4.96 Å². The summed E-state index contributed by atoms with van der Waals surface area (Å²) in [7, 11) is 0. The summed E-state index contributed by atoms with van der Waals surface area (Å²) in [6.07, 6.45) is 2.46. The molecular formula is C13H21N3OS. The number of aromatic nitrogens is 2. The van der Waals surface area contributed by atoms with E-state index in [-0.39, 0.29) is 0 Å².